The average molecular weight is 372 g/mol. The summed E-state index contributed by atoms with van der Waals surface area (Å²) in [6.07, 6.45) is 1.14. The number of carbonyl (C=O) groups is 3. The number of aliphatic hydroxyl groups excluding tert-OH is 1. The Labute approximate surface area is 155 Å². The Bertz CT molecular complexity index is 786. The molecule has 0 spiro atoms. The van der Waals surface area contributed by atoms with Crippen LogP contribution in [-0.4, -0.2) is 29.4 Å². The van der Waals surface area contributed by atoms with Gasteiger partial charge in [0.05, 0.1) is 12.0 Å². The molecule has 3 amide bonds. The van der Waals surface area contributed by atoms with Gasteiger partial charge in [0.2, 0.25) is 11.8 Å². The Morgan fingerprint density at radius 3 is 2.62 bits per heavy atom. The van der Waals surface area contributed by atoms with Crippen LogP contribution in [0.3, 0.4) is 0 Å². The monoisotopic (exact) mass is 372 g/mol. The number of hydrogen-bond acceptors (Lipinski definition) is 5. The molecule has 2 heterocycles. The zero-order chi connectivity index (χ0) is 18.5. The van der Waals surface area contributed by atoms with Crippen LogP contribution in [0.25, 0.3) is 0 Å². The van der Waals surface area contributed by atoms with Gasteiger partial charge in [-0.25, -0.2) is 0 Å². The SMILES string of the molecule is O=C1C[C@@H](Cc2ccc(C(=O)N[C@@H](CCO)c3cccs3)cc2)C(=O)N1. The van der Waals surface area contributed by atoms with E-state index in [0.717, 1.165) is 10.4 Å². The highest BCUT2D eigenvalue weighted by Crippen LogP contribution is 2.22. The first-order valence-electron chi connectivity index (χ1n) is 8.44. The van der Waals surface area contributed by atoms with E-state index in [1.807, 2.05) is 17.5 Å². The predicted octanol–water partition coefficient (Wildman–Crippen LogP) is 1.81. The van der Waals surface area contributed by atoms with Gasteiger partial charge in [0.1, 0.15) is 0 Å². The van der Waals surface area contributed by atoms with E-state index in [9.17, 15) is 19.5 Å². The highest BCUT2D eigenvalue weighted by molar-refractivity contribution is 7.10. The Balaban J connectivity index is 1.63. The van der Waals surface area contributed by atoms with E-state index in [0.29, 0.717) is 18.4 Å². The van der Waals surface area contributed by atoms with Gasteiger partial charge in [0, 0.05) is 23.5 Å². The molecule has 0 radical (unpaired) electrons. The van der Waals surface area contributed by atoms with Gasteiger partial charge in [-0.05, 0) is 42.0 Å². The van der Waals surface area contributed by atoms with Crippen molar-refractivity contribution in [3.63, 3.8) is 0 Å². The molecule has 1 aliphatic rings. The fraction of sp³-hybridized carbons (Fsp3) is 0.316. The van der Waals surface area contributed by atoms with Crippen molar-refractivity contribution in [3.8, 4) is 0 Å². The number of imide groups is 1. The van der Waals surface area contributed by atoms with Crippen molar-refractivity contribution >= 4 is 29.1 Å². The van der Waals surface area contributed by atoms with Crippen molar-refractivity contribution in [2.75, 3.05) is 6.61 Å². The molecule has 2 aromatic rings. The quantitative estimate of drug-likeness (QED) is 0.646. The molecular weight excluding hydrogens is 352 g/mol. The Kier molecular flexibility index (Phi) is 5.80. The summed E-state index contributed by atoms with van der Waals surface area (Å²) in [7, 11) is 0. The molecule has 0 bridgehead atoms. The van der Waals surface area contributed by atoms with Gasteiger partial charge < -0.3 is 10.4 Å². The molecule has 1 saturated heterocycles. The Morgan fingerprint density at radius 1 is 1.27 bits per heavy atom. The number of nitrogens with one attached hydrogen (secondary N) is 2. The maximum atomic E-state index is 12.5. The molecule has 1 fully saturated rings. The first-order valence-corrected chi connectivity index (χ1v) is 9.32. The molecule has 6 nitrogen and oxygen atoms in total. The lowest BCUT2D eigenvalue weighted by atomic mass is 9.97. The fourth-order valence-electron chi connectivity index (χ4n) is 2.99. The van der Waals surface area contributed by atoms with Crippen LogP contribution in [0.15, 0.2) is 41.8 Å². The molecule has 0 aliphatic carbocycles. The van der Waals surface area contributed by atoms with E-state index >= 15 is 0 Å². The standard InChI is InChI=1S/C19H20N2O4S/c22-8-7-15(16-2-1-9-26-16)20-18(24)13-5-3-12(4-6-13)10-14-11-17(23)21-19(14)25/h1-6,9,14-15,22H,7-8,10-11H2,(H,20,24)(H,21,23,25)/t14-,15+/m1/s1. The molecule has 1 aliphatic heterocycles. The number of benzene rings is 1. The van der Waals surface area contributed by atoms with Gasteiger partial charge in [0.25, 0.3) is 5.91 Å². The lowest BCUT2D eigenvalue weighted by molar-refractivity contribution is -0.125. The van der Waals surface area contributed by atoms with E-state index in [1.165, 1.54) is 11.3 Å². The summed E-state index contributed by atoms with van der Waals surface area (Å²) in [5, 5.41) is 16.4. The molecule has 26 heavy (non-hydrogen) atoms. The minimum Gasteiger partial charge on any atom is -0.396 e. The van der Waals surface area contributed by atoms with Crippen molar-refractivity contribution in [3.05, 3.63) is 57.8 Å². The van der Waals surface area contributed by atoms with Crippen molar-refractivity contribution in [2.45, 2.75) is 25.3 Å². The van der Waals surface area contributed by atoms with Crippen molar-refractivity contribution in [1.29, 1.82) is 0 Å². The summed E-state index contributed by atoms with van der Waals surface area (Å²) < 4.78 is 0. The average Bonchev–Trinajstić information content (AvgIpc) is 3.25. The van der Waals surface area contributed by atoms with E-state index in [-0.39, 0.29) is 42.7 Å². The van der Waals surface area contributed by atoms with Crippen LogP contribution in [0.5, 0.6) is 0 Å². The number of carbonyl (C=O) groups excluding carboxylic acids is 3. The third-order valence-electron chi connectivity index (χ3n) is 4.37. The van der Waals surface area contributed by atoms with E-state index in [1.54, 1.807) is 24.3 Å². The largest absolute Gasteiger partial charge is 0.396 e. The van der Waals surface area contributed by atoms with Crippen LogP contribution in [0, 0.1) is 5.92 Å². The molecule has 3 N–H and O–H groups in total. The van der Waals surface area contributed by atoms with E-state index in [4.69, 9.17) is 0 Å². The highest BCUT2D eigenvalue weighted by Gasteiger charge is 2.30. The normalized spacial score (nSPS) is 17.8. The van der Waals surface area contributed by atoms with Gasteiger partial charge in [-0.2, -0.15) is 0 Å². The molecular formula is C19H20N2O4S. The zero-order valence-corrected chi connectivity index (χ0v) is 14.9. The summed E-state index contributed by atoms with van der Waals surface area (Å²) >= 11 is 1.54. The summed E-state index contributed by atoms with van der Waals surface area (Å²) in [5.74, 6) is -1.02. The third kappa shape index (κ3) is 4.36. The van der Waals surface area contributed by atoms with Gasteiger partial charge >= 0.3 is 0 Å². The fourth-order valence-corrected chi connectivity index (χ4v) is 3.81. The number of amides is 3. The van der Waals surface area contributed by atoms with Crippen LogP contribution < -0.4 is 10.6 Å². The number of thiophene rings is 1. The predicted molar refractivity (Wildman–Crippen MR) is 97.6 cm³/mol. The number of rotatable bonds is 7. The van der Waals surface area contributed by atoms with Gasteiger partial charge in [0.15, 0.2) is 0 Å². The smallest absolute Gasteiger partial charge is 0.251 e. The highest BCUT2D eigenvalue weighted by atomic mass is 32.1. The van der Waals surface area contributed by atoms with Gasteiger partial charge in [-0.15, -0.1) is 11.3 Å². The second-order valence-corrected chi connectivity index (χ2v) is 7.25. The first-order chi connectivity index (χ1) is 12.6. The van der Waals surface area contributed by atoms with Crippen LogP contribution in [0.2, 0.25) is 0 Å². The molecule has 136 valence electrons. The molecule has 3 rings (SSSR count). The summed E-state index contributed by atoms with van der Waals surface area (Å²) in [6.45, 7) is -0.00996. The van der Waals surface area contributed by atoms with Crippen molar-refractivity contribution in [2.24, 2.45) is 5.92 Å². The minimum absolute atomic E-state index is 0.00996. The molecule has 7 heteroatoms. The van der Waals surface area contributed by atoms with E-state index < -0.39 is 0 Å². The molecule has 1 aromatic carbocycles. The third-order valence-corrected chi connectivity index (χ3v) is 5.36. The van der Waals surface area contributed by atoms with Crippen LogP contribution in [0.4, 0.5) is 0 Å². The van der Waals surface area contributed by atoms with Crippen LogP contribution in [-0.2, 0) is 16.0 Å². The molecule has 0 saturated carbocycles. The van der Waals surface area contributed by atoms with Gasteiger partial charge in [-0.3, -0.25) is 19.7 Å². The second kappa shape index (κ2) is 8.25. The first kappa shape index (κ1) is 18.3. The number of aliphatic hydroxyl groups is 1. The van der Waals surface area contributed by atoms with Crippen molar-refractivity contribution < 1.29 is 19.5 Å². The number of hydrogen-bond donors (Lipinski definition) is 3. The lowest BCUT2D eigenvalue weighted by Crippen LogP contribution is -2.28. The molecule has 0 unspecified atom stereocenters. The minimum atomic E-state index is -0.338. The zero-order valence-electron chi connectivity index (χ0n) is 14.1. The Morgan fingerprint density at radius 2 is 2.04 bits per heavy atom. The molecule has 2 atom stereocenters. The second-order valence-electron chi connectivity index (χ2n) is 6.27. The maximum Gasteiger partial charge on any atom is 0.251 e. The van der Waals surface area contributed by atoms with Crippen LogP contribution in [0.1, 0.15) is 39.7 Å². The summed E-state index contributed by atoms with van der Waals surface area (Å²) in [5.41, 5.74) is 1.42. The van der Waals surface area contributed by atoms with Gasteiger partial charge in [-0.1, -0.05) is 18.2 Å². The van der Waals surface area contributed by atoms with Crippen LogP contribution >= 0.6 is 11.3 Å². The topological polar surface area (TPSA) is 95.5 Å². The lowest BCUT2D eigenvalue weighted by Gasteiger charge is -2.16. The summed E-state index contributed by atoms with van der Waals surface area (Å²) in [4.78, 5) is 36.4. The van der Waals surface area contributed by atoms with Crippen molar-refractivity contribution in [1.82, 2.24) is 10.6 Å². The Hall–Kier alpha value is -2.51. The maximum absolute atomic E-state index is 12.5. The van der Waals surface area contributed by atoms with E-state index in [2.05, 4.69) is 10.6 Å². The summed E-state index contributed by atoms with van der Waals surface area (Å²) in [6, 6.07) is 10.7. The molecule has 1 aromatic heterocycles.